The van der Waals surface area contributed by atoms with Crippen molar-refractivity contribution in [3.63, 3.8) is 0 Å². The standard InChI is InChI=1S/C19H23NO3/c1-3-11-20-17(21)13-19(10-5-4-9-16(19)18(20)22)14-7-6-8-15(12-14)23-2/h3,6-8,12,16H,1,4-5,9-11,13H2,2H3/t16-,19+/m0/s1. The van der Waals surface area contributed by atoms with Crippen LogP contribution in [0.1, 0.15) is 37.7 Å². The number of hydrogen-bond donors (Lipinski definition) is 0. The van der Waals surface area contributed by atoms with Crippen LogP contribution >= 0.6 is 0 Å². The van der Waals surface area contributed by atoms with Gasteiger partial charge in [-0.3, -0.25) is 14.5 Å². The highest BCUT2D eigenvalue weighted by Gasteiger charge is 2.53. The van der Waals surface area contributed by atoms with E-state index < -0.39 is 0 Å². The second kappa shape index (κ2) is 6.19. The average molecular weight is 313 g/mol. The first-order chi connectivity index (χ1) is 11.1. The number of fused-ring (bicyclic) bond motifs is 1. The Morgan fingerprint density at radius 2 is 2.22 bits per heavy atom. The Bertz CT molecular complexity index is 639. The molecule has 2 atom stereocenters. The van der Waals surface area contributed by atoms with Crippen molar-refractivity contribution in [1.29, 1.82) is 0 Å². The zero-order chi connectivity index (χ0) is 16.4. The van der Waals surface area contributed by atoms with E-state index in [0.29, 0.717) is 13.0 Å². The third-order valence-corrected chi connectivity index (χ3v) is 5.32. The Balaban J connectivity index is 2.05. The molecule has 4 heteroatoms. The van der Waals surface area contributed by atoms with Gasteiger partial charge >= 0.3 is 0 Å². The molecule has 1 aliphatic carbocycles. The van der Waals surface area contributed by atoms with Crippen LogP contribution in [0.25, 0.3) is 0 Å². The molecule has 4 nitrogen and oxygen atoms in total. The number of benzene rings is 1. The fraction of sp³-hybridized carbons (Fsp3) is 0.474. The number of amides is 2. The fourth-order valence-corrected chi connectivity index (χ4v) is 4.19. The van der Waals surface area contributed by atoms with Crippen LogP contribution in [0.4, 0.5) is 0 Å². The number of nitrogens with zero attached hydrogens (tertiary/aromatic N) is 1. The Morgan fingerprint density at radius 3 is 2.96 bits per heavy atom. The second-order valence-electron chi connectivity index (χ2n) is 6.49. The van der Waals surface area contributed by atoms with E-state index >= 15 is 0 Å². The number of rotatable bonds is 4. The third-order valence-electron chi connectivity index (χ3n) is 5.32. The molecule has 1 aliphatic heterocycles. The second-order valence-corrected chi connectivity index (χ2v) is 6.49. The molecular formula is C19H23NO3. The summed E-state index contributed by atoms with van der Waals surface area (Å²) in [6.07, 6.45) is 5.83. The van der Waals surface area contributed by atoms with Gasteiger partial charge in [0.15, 0.2) is 0 Å². The number of methoxy groups -OCH3 is 1. The zero-order valence-corrected chi connectivity index (χ0v) is 13.6. The van der Waals surface area contributed by atoms with Crippen molar-refractivity contribution < 1.29 is 14.3 Å². The van der Waals surface area contributed by atoms with Crippen molar-refractivity contribution in [3.8, 4) is 5.75 Å². The van der Waals surface area contributed by atoms with Crippen LogP contribution in [0.2, 0.25) is 0 Å². The molecule has 122 valence electrons. The van der Waals surface area contributed by atoms with E-state index in [9.17, 15) is 9.59 Å². The molecule has 2 amide bonds. The van der Waals surface area contributed by atoms with Crippen LogP contribution in [0, 0.1) is 5.92 Å². The quantitative estimate of drug-likeness (QED) is 0.634. The van der Waals surface area contributed by atoms with Crippen molar-refractivity contribution in [1.82, 2.24) is 4.90 Å². The van der Waals surface area contributed by atoms with Crippen molar-refractivity contribution in [2.24, 2.45) is 5.92 Å². The maximum atomic E-state index is 12.9. The first kappa shape index (κ1) is 15.8. The lowest BCUT2D eigenvalue weighted by molar-refractivity contribution is -0.157. The van der Waals surface area contributed by atoms with E-state index in [1.807, 2.05) is 24.3 Å². The zero-order valence-electron chi connectivity index (χ0n) is 13.6. The highest BCUT2D eigenvalue weighted by molar-refractivity contribution is 6.01. The topological polar surface area (TPSA) is 46.6 Å². The van der Waals surface area contributed by atoms with Crippen LogP contribution in [-0.4, -0.2) is 30.4 Å². The van der Waals surface area contributed by atoms with Crippen molar-refractivity contribution in [2.45, 2.75) is 37.5 Å². The summed E-state index contributed by atoms with van der Waals surface area (Å²) in [7, 11) is 1.64. The number of carbonyl (C=O) groups excluding carboxylic acids is 2. The number of hydrogen-bond acceptors (Lipinski definition) is 3. The van der Waals surface area contributed by atoms with E-state index in [1.165, 1.54) is 4.90 Å². The molecule has 2 aliphatic rings. The molecule has 23 heavy (non-hydrogen) atoms. The maximum Gasteiger partial charge on any atom is 0.233 e. The molecule has 0 unspecified atom stereocenters. The first-order valence-corrected chi connectivity index (χ1v) is 8.22. The van der Waals surface area contributed by atoms with Gasteiger partial charge in [-0.2, -0.15) is 0 Å². The molecule has 1 aromatic carbocycles. The summed E-state index contributed by atoms with van der Waals surface area (Å²) in [5.41, 5.74) is 0.681. The molecule has 1 aromatic rings. The van der Waals surface area contributed by atoms with Gasteiger partial charge < -0.3 is 4.74 Å². The minimum Gasteiger partial charge on any atom is -0.497 e. The molecule has 0 aromatic heterocycles. The largest absolute Gasteiger partial charge is 0.497 e. The van der Waals surface area contributed by atoms with E-state index in [-0.39, 0.29) is 23.1 Å². The van der Waals surface area contributed by atoms with Gasteiger partial charge in [0.1, 0.15) is 5.75 Å². The maximum absolute atomic E-state index is 12.9. The van der Waals surface area contributed by atoms with Gasteiger partial charge in [-0.1, -0.05) is 31.1 Å². The molecule has 0 radical (unpaired) electrons. The van der Waals surface area contributed by atoms with Gasteiger partial charge in [-0.05, 0) is 30.5 Å². The van der Waals surface area contributed by atoms with Gasteiger partial charge in [-0.25, -0.2) is 0 Å². The normalized spacial score (nSPS) is 27.5. The van der Waals surface area contributed by atoms with Crippen molar-refractivity contribution in [3.05, 3.63) is 42.5 Å². The minimum atomic E-state index is -0.376. The van der Waals surface area contributed by atoms with E-state index in [0.717, 1.165) is 37.0 Å². The Kier molecular flexibility index (Phi) is 4.24. The van der Waals surface area contributed by atoms with E-state index in [2.05, 4.69) is 6.58 Å². The summed E-state index contributed by atoms with van der Waals surface area (Å²) in [5.74, 6) is 0.523. The number of likely N-dealkylation sites (tertiary alicyclic amines) is 1. The number of ether oxygens (including phenoxy) is 1. The monoisotopic (exact) mass is 313 g/mol. The van der Waals surface area contributed by atoms with Crippen molar-refractivity contribution in [2.75, 3.05) is 13.7 Å². The molecule has 0 N–H and O–H groups in total. The SMILES string of the molecule is C=CCN1C(=O)C[C@@]2(c3cccc(OC)c3)CCCC[C@H]2C1=O. The highest BCUT2D eigenvalue weighted by atomic mass is 16.5. The van der Waals surface area contributed by atoms with Crippen LogP contribution in [0.15, 0.2) is 36.9 Å². The lowest BCUT2D eigenvalue weighted by atomic mass is 9.58. The Labute approximate surface area is 137 Å². The van der Waals surface area contributed by atoms with Gasteiger partial charge in [0.2, 0.25) is 11.8 Å². The van der Waals surface area contributed by atoms with Crippen LogP contribution in [0.3, 0.4) is 0 Å². The molecule has 1 heterocycles. The lowest BCUT2D eigenvalue weighted by Gasteiger charge is -2.49. The third kappa shape index (κ3) is 2.56. The fourth-order valence-electron chi connectivity index (χ4n) is 4.19. The molecule has 2 fully saturated rings. The molecular weight excluding hydrogens is 290 g/mol. The van der Waals surface area contributed by atoms with Crippen LogP contribution in [-0.2, 0) is 15.0 Å². The molecule has 1 saturated carbocycles. The molecule has 0 spiro atoms. The molecule has 1 saturated heterocycles. The minimum absolute atomic E-state index is 0.0383. The summed E-state index contributed by atoms with van der Waals surface area (Å²) in [5, 5.41) is 0. The highest BCUT2D eigenvalue weighted by Crippen LogP contribution is 2.50. The number of imide groups is 1. The van der Waals surface area contributed by atoms with Gasteiger partial charge in [0.25, 0.3) is 0 Å². The summed E-state index contributed by atoms with van der Waals surface area (Å²) in [6.45, 7) is 3.97. The van der Waals surface area contributed by atoms with E-state index in [4.69, 9.17) is 4.74 Å². The van der Waals surface area contributed by atoms with Crippen molar-refractivity contribution >= 4 is 11.8 Å². The van der Waals surface area contributed by atoms with E-state index in [1.54, 1.807) is 13.2 Å². The number of piperidine rings is 1. The molecule has 3 rings (SSSR count). The summed E-state index contributed by atoms with van der Waals surface area (Å²) in [6, 6.07) is 7.86. The smallest absolute Gasteiger partial charge is 0.233 e. The summed E-state index contributed by atoms with van der Waals surface area (Å²) in [4.78, 5) is 26.9. The van der Waals surface area contributed by atoms with Gasteiger partial charge in [0.05, 0.1) is 7.11 Å². The summed E-state index contributed by atoms with van der Waals surface area (Å²) >= 11 is 0. The van der Waals surface area contributed by atoms with Gasteiger partial charge in [0, 0.05) is 24.3 Å². The predicted molar refractivity (Wildman–Crippen MR) is 88.2 cm³/mol. The van der Waals surface area contributed by atoms with Crippen LogP contribution < -0.4 is 4.74 Å². The van der Waals surface area contributed by atoms with Crippen LogP contribution in [0.5, 0.6) is 5.75 Å². The average Bonchev–Trinajstić information content (AvgIpc) is 2.58. The molecule has 0 bridgehead atoms. The summed E-state index contributed by atoms with van der Waals surface area (Å²) < 4.78 is 5.34. The number of carbonyl (C=O) groups is 2. The lowest BCUT2D eigenvalue weighted by Crippen LogP contribution is -2.57. The van der Waals surface area contributed by atoms with Gasteiger partial charge in [-0.15, -0.1) is 6.58 Å². The predicted octanol–water partition coefficient (Wildman–Crippen LogP) is 3.07. The first-order valence-electron chi connectivity index (χ1n) is 8.22. The Hall–Kier alpha value is -2.10. The Morgan fingerprint density at radius 1 is 1.39 bits per heavy atom.